The zero-order valence-corrected chi connectivity index (χ0v) is 14.7. The third kappa shape index (κ3) is 3.95. The van der Waals surface area contributed by atoms with Crippen LogP contribution in [0.15, 0.2) is 4.42 Å². The van der Waals surface area contributed by atoms with Gasteiger partial charge in [-0.25, -0.2) is 0 Å². The molecule has 1 aromatic rings. The standard InChI is InChI=1S/C17H27N3O4/c1-11-5-4-6-14(9-11)23-12(2)17(21)20-7-8-22-10-15(20)16-19-18-13(3)24-16/h11-12,14-15H,4-10H2,1-3H3/t11-,12-,14+,15-/m0/s1. The van der Waals surface area contributed by atoms with Gasteiger partial charge in [0.05, 0.1) is 19.3 Å². The SMILES string of the molecule is Cc1nnc([C@@H]2COCCN2C(=O)[C@H](C)O[C@@H]2CCC[C@H](C)C2)o1. The summed E-state index contributed by atoms with van der Waals surface area (Å²) in [5.41, 5.74) is 0. The van der Waals surface area contributed by atoms with Crippen LogP contribution >= 0.6 is 0 Å². The van der Waals surface area contributed by atoms with E-state index in [0.29, 0.717) is 37.5 Å². The number of hydrogen-bond donors (Lipinski definition) is 0. The Morgan fingerprint density at radius 3 is 2.92 bits per heavy atom. The topological polar surface area (TPSA) is 77.7 Å². The van der Waals surface area contributed by atoms with Gasteiger partial charge < -0.3 is 18.8 Å². The second-order valence-electron chi connectivity index (χ2n) is 6.95. The van der Waals surface area contributed by atoms with Crippen molar-refractivity contribution in [2.24, 2.45) is 5.92 Å². The molecule has 3 rings (SSSR count). The van der Waals surface area contributed by atoms with Crippen LogP contribution in [0.5, 0.6) is 0 Å². The molecule has 1 saturated carbocycles. The second kappa shape index (κ2) is 7.61. The molecule has 0 spiro atoms. The van der Waals surface area contributed by atoms with E-state index in [1.54, 1.807) is 11.8 Å². The molecule has 7 nitrogen and oxygen atoms in total. The summed E-state index contributed by atoms with van der Waals surface area (Å²) in [6, 6.07) is -0.330. The number of amides is 1. The monoisotopic (exact) mass is 337 g/mol. The van der Waals surface area contributed by atoms with Gasteiger partial charge in [0.2, 0.25) is 11.8 Å². The van der Waals surface area contributed by atoms with Crippen molar-refractivity contribution in [1.82, 2.24) is 15.1 Å². The first-order chi connectivity index (χ1) is 11.5. The number of hydrogen-bond acceptors (Lipinski definition) is 6. The molecule has 1 saturated heterocycles. The molecular formula is C17H27N3O4. The lowest BCUT2D eigenvalue weighted by Gasteiger charge is -2.36. The van der Waals surface area contributed by atoms with E-state index in [1.165, 1.54) is 12.8 Å². The first kappa shape index (κ1) is 17.4. The van der Waals surface area contributed by atoms with Gasteiger partial charge in [0.15, 0.2) is 0 Å². The zero-order valence-electron chi connectivity index (χ0n) is 14.7. The second-order valence-corrected chi connectivity index (χ2v) is 6.95. The van der Waals surface area contributed by atoms with E-state index in [0.717, 1.165) is 12.8 Å². The average Bonchev–Trinajstić information content (AvgIpc) is 3.00. The minimum absolute atomic E-state index is 0.0302. The third-order valence-corrected chi connectivity index (χ3v) is 4.87. The van der Waals surface area contributed by atoms with Crippen LogP contribution in [-0.4, -0.2) is 53.0 Å². The molecule has 4 atom stereocenters. The number of rotatable bonds is 4. The molecule has 0 N–H and O–H groups in total. The molecule has 0 bridgehead atoms. The lowest BCUT2D eigenvalue weighted by Crippen LogP contribution is -2.48. The van der Waals surface area contributed by atoms with E-state index in [9.17, 15) is 4.79 Å². The van der Waals surface area contributed by atoms with Crippen LogP contribution in [-0.2, 0) is 14.3 Å². The quantitative estimate of drug-likeness (QED) is 0.839. The maximum absolute atomic E-state index is 12.9. The van der Waals surface area contributed by atoms with Crippen LogP contribution in [0.2, 0.25) is 0 Å². The first-order valence-corrected chi connectivity index (χ1v) is 8.88. The molecule has 1 aromatic heterocycles. The molecule has 0 aromatic carbocycles. The van der Waals surface area contributed by atoms with Crippen molar-refractivity contribution in [3.8, 4) is 0 Å². The van der Waals surface area contributed by atoms with Crippen LogP contribution in [0, 0.1) is 12.8 Å². The molecule has 134 valence electrons. The van der Waals surface area contributed by atoms with Gasteiger partial charge in [0.25, 0.3) is 5.91 Å². The predicted octanol–water partition coefficient (Wildman–Crippen LogP) is 2.26. The Kier molecular flexibility index (Phi) is 5.50. The van der Waals surface area contributed by atoms with Gasteiger partial charge in [0, 0.05) is 13.5 Å². The first-order valence-electron chi connectivity index (χ1n) is 8.88. The van der Waals surface area contributed by atoms with Crippen molar-refractivity contribution in [2.75, 3.05) is 19.8 Å². The Labute approximate surface area is 142 Å². The molecule has 0 unspecified atom stereocenters. The highest BCUT2D eigenvalue weighted by atomic mass is 16.5. The van der Waals surface area contributed by atoms with Crippen LogP contribution in [0.25, 0.3) is 0 Å². The minimum Gasteiger partial charge on any atom is -0.423 e. The normalized spacial score (nSPS) is 29.5. The van der Waals surface area contributed by atoms with Crippen LogP contribution in [0.1, 0.15) is 57.4 Å². The highest BCUT2D eigenvalue weighted by Gasteiger charge is 2.36. The van der Waals surface area contributed by atoms with E-state index in [1.807, 2.05) is 6.92 Å². The van der Waals surface area contributed by atoms with Crippen molar-refractivity contribution >= 4 is 5.91 Å². The van der Waals surface area contributed by atoms with E-state index >= 15 is 0 Å². The fourth-order valence-electron chi connectivity index (χ4n) is 3.60. The summed E-state index contributed by atoms with van der Waals surface area (Å²) in [5, 5.41) is 7.92. The maximum Gasteiger partial charge on any atom is 0.252 e. The van der Waals surface area contributed by atoms with E-state index in [-0.39, 0.29) is 18.1 Å². The molecule has 2 heterocycles. The Hall–Kier alpha value is -1.47. The average molecular weight is 337 g/mol. The Morgan fingerprint density at radius 2 is 2.21 bits per heavy atom. The van der Waals surface area contributed by atoms with Gasteiger partial charge in [-0.3, -0.25) is 4.79 Å². The number of aryl methyl sites for hydroxylation is 1. The molecule has 1 aliphatic heterocycles. The van der Waals surface area contributed by atoms with E-state index < -0.39 is 6.10 Å². The number of ether oxygens (including phenoxy) is 2. The van der Waals surface area contributed by atoms with E-state index in [4.69, 9.17) is 13.9 Å². The summed E-state index contributed by atoms with van der Waals surface area (Å²) in [7, 11) is 0. The van der Waals surface area contributed by atoms with Gasteiger partial charge in [0.1, 0.15) is 12.1 Å². The summed E-state index contributed by atoms with van der Waals surface area (Å²) in [6.07, 6.45) is 4.21. The van der Waals surface area contributed by atoms with Crippen molar-refractivity contribution in [3.63, 3.8) is 0 Å². The molecule has 1 aliphatic carbocycles. The van der Waals surface area contributed by atoms with Crippen LogP contribution in [0.4, 0.5) is 0 Å². The molecule has 1 amide bonds. The van der Waals surface area contributed by atoms with Gasteiger partial charge in [-0.2, -0.15) is 0 Å². The van der Waals surface area contributed by atoms with Gasteiger partial charge in [-0.05, 0) is 25.7 Å². The lowest BCUT2D eigenvalue weighted by atomic mass is 9.88. The summed E-state index contributed by atoms with van der Waals surface area (Å²) in [6.45, 7) is 7.23. The maximum atomic E-state index is 12.9. The fourth-order valence-corrected chi connectivity index (χ4v) is 3.60. The number of carbonyl (C=O) groups excluding carboxylic acids is 1. The summed E-state index contributed by atoms with van der Waals surface area (Å²) in [5.74, 6) is 1.56. The highest BCUT2D eigenvalue weighted by molar-refractivity contribution is 5.81. The van der Waals surface area contributed by atoms with Gasteiger partial charge in [-0.15, -0.1) is 10.2 Å². The van der Waals surface area contributed by atoms with E-state index in [2.05, 4.69) is 17.1 Å². The van der Waals surface area contributed by atoms with Gasteiger partial charge >= 0.3 is 0 Å². The smallest absolute Gasteiger partial charge is 0.252 e. The molecule has 24 heavy (non-hydrogen) atoms. The van der Waals surface area contributed by atoms with Crippen LogP contribution < -0.4 is 0 Å². The van der Waals surface area contributed by atoms with Crippen LogP contribution in [0.3, 0.4) is 0 Å². The summed E-state index contributed by atoms with van der Waals surface area (Å²) < 4.78 is 17.1. The summed E-state index contributed by atoms with van der Waals surface area (Å²) in [4.78, 5) is 14.7. The third-order valence-electron chi connectivity index (χ3n) is 4.87. The van der Waals surface area contributed by atoms with Crippen molar-refractivity contribution in [3.05, 3.63) is 11.8 Å². The molecule has 2 fully saturated rings. The zero-order chi connectivity index (χ0) is 17.1. The van der Waals surface area contributed by atoms with Gasteiger partial charge in [-0.1, -0.05) is 19.8 Å². The largest absolute Gasteiger partial charge is 0.423 e. The van der Waals surface area contributed by atoms with Crippen molar-refractivity contribution in [2.45, 2.75) is 64.7 Å². The minimum atomic E-state index is -0.468. The molecule has 7 heteroatoms. The molecule has 0 radical (unpaired) electrons. The lowest BCUT2D eigenvalue weighted by molar-refractivity contribution is -0.157. The molecule has 2 aliphatic rings. The Balaban J connectivity index is 1.64. The number of nitrogens with zero attached hydrogens (tertiary/aromatic N) is 3. The number of aromatic nitrogens is 2. The highest BCUT2D eigenvalue weighted by Crippen LogP contribution is 2.28. The van der Waals surface area contributed by atoms with Crippen molar-refractivity contribution in [1.29, 1.82) is 0 Å². The number of morpholine rings is 1. The Bertz CT molecular complexity index is 562. The molecular weight excluding hydrogens is 310 g/mol. The van der Waals surface area contributed by atoms with Crippen molar-refractivity contribution < 1.29 is 18.7 Å². The fraction of sp³-hybridized carbons (Fsp3) is 0.824. The predicted molar refractivity (Wildman–Crippen MR) is 86.3 cm³/mol. The number of carbonyl (C=O) groups is 1. The summed E-state index contributed by atoms with van der Waals surface area (Å²) >= 11 is 0. The Morgan fingerprint density at radius 1 is 1.38 bits per heavy atom.